The van der Waals surface area contributed by atoms with Crippen LogP contribution in [0.5, 0.6) is 5.75 Å². The number of ether oxygens (including phenoxy) is 1. The maximum absolute atomic E-state index is 13.0. The van der Waals surface area contributed by atoms with Crippen LogP contribution < -0.4 is 14.4 Å². The largest absolute Gasteiger partial charge is 0.494 e. The Morgan fingerprint density at radius 1 is 1.17 bits per heavy atom. The minimum atomic E-state index is -3.78. The number of hydrogen-bond donors (Lipinski definition) is 1. The van der Waals surface area contributed by atoms with Crippen molar-refractivity contribution in [2.45, 2.75) is 11.8 Å². The SMILES string of the molecule is CCOc1ccc2nc(NC(=O)CN3c4cccc5cccc(c45)S3(=O)=O)sc2c1. The van der Waals surface area contributed by atoms with Gasteiger partial charge in [-0.2, -0.15) is 0 Å². The van der Waals surface area contributed by atoms with E-state index in [2.05, 4.69) is 10.3 Å². The summed E-state index contributed by atoms with van der Waals surface area (Å²) in [6.45, 7) is 2.15. The molecule has 9 heteroatoms. The van der Waals surface area contributed by atoms with Crippen LogP contribution in [0.3, 0.4) is 0 Å². The molecule has 1 aliphatic heterocycles. The molecule has 3 aromatic carbocycles. The molecular formula is C21H17N3O4S2. The Balaban J connectivity index is 1.41. The van der Waals surface area contributed by atoms with E-state index in [4.69, 9.17) is 4.74 Å². The number of rotatable bonds is 5. The molecule has 1 aliphatic rings. The number of nitrogens with one attached hydrogen (secondary N) is 1. The fourth-order valence-electron chi connectivity index (χ4n) is 3.63. The molecule has 152 valence electrons. The molecule has 4 aromatic rings. The molecule has 0 radical (unpaired) electrons. The van der Waals surface area contributed by atoms with Crippen LogP contribution in [0.25, 0.3) is 21.0 Å². The summed E-state index contributed by atoms with van der Waals surface area (Å²) in [5, 5.41) is 4.62. The first kappa shape index (κ1) is 18.8. The normalized spacial score (nSPS) is 14.4. The van der Waals surface area contributed by atoms with Crippen LogP contribution in [0.4, 0.5) is 10.8 Å². The Kier molecular flexibility index (Phi) is 4.37. The van der Waals surface area contributed by atoms with Gasteiger partial charge < -0.3 is 10.1 Å². The molecule has 0 unspecified atom stereocenters. The Hall–Kier alpha value is -3.17. The minimum absolute atomic E-state index is 0.229. The summed E-state index contributed by atoms with van der Waals surface area (Å²) in [6.07, 6.45) is 0. The number of sulfonamides is 1. The zero-order chi connectivity index (χ0) is 20.9. The Labute approximate surface area is 177 Å². The third-order valence-corrected chi connectivity index (χ3v) is 7.62. The van der Waals surface area contributed by atoms with Crippen molar-refractivity contribution < 1.29 is 17.9 Å². The molecule has 5 rings (SSSR count). The Bertz CT molecular complexity index is 1410. The number of fused-ring (bicyclic) bond motifs is 1. The van der Waals surface area contributed by atoms with Crippen molar-refractivity contribution in [1.82, 2.24) is 4.98 Å². The van der Waals surface area contributed by atoms with Gasteiger partial charge in [-0.25, -0.2) is 13.4 Å². The predicted octanol–water partition coefficient (Wildman–Crippen LogP) is 4.00. The van der Waals surface area contributed by atoms with E-state index in [0.717, 1.165) is 25.7 Å². The van der Waals surface area contributed by atoms with E-state index in [1.54, 1.807) is 24.3 Å². The second-order valence-electron chi connectivity index (χ2n) is 6.77. The van der Waals surface area contributed by atoms with Gasteiger partial charge in [0.05, 0.1) is 27.4 Å². The highest BCUT2D eigenvalue weighted by Gasteiger charge is 2.36. The smallest absolute Gasteiger partial charge is 0.265 e. The molecule has 7 nitrogen and oxygen atoms in total. The van der Waals surface area contributed by atoms with Crippen LogP contribution in [0, 0.1) is 0 Å². The Morgan fingerprint density at radius 3 is 2.77 bits per heavy atom. The van der Waals surface area contributed by atoms with Crippen molar-refractivity contribution in [2.75, 3.05) is 22.8 Å². The summed E-state index contributed by atoms with van der Waals surface area (Å²) >= 11 is 1.31. The van der Waals surface area contributed by atoms with Crippen LogP contribution in [0.15, 0.2) is 59.5 Å². The molecule has 0 bridgehead atoms. The summed E-state index contributed by atoms with van der Waals surface area (Å²) in [7, 11) is -3.78. The molecule has 0 aliphatic carbocycles. The van der Waals surface area contributed by atoms with Gasteiger partial charge in [0, 0.05) is 5.39 Å². The van der Waals surface area contributed by atoms with Crippen LogP contribution in [0.1, 0.15) is 6.92 Å². The second kappa shape index (κ2) is 6.96. The van der Waals surface area contributed by atoms with E-state index >= 15 is 0 Å². The van der Waals surface area contributed by atoms with Crippen molar-refractivity contribution in [1.29, 1.82) is 0 Å². The lowest BCUT2D eigenvalue weighted by Gasteiger charge is -2.17. The van der Waals surface area contributed by atoms with E-state index in [9.17, 15) is 13.2 Å². The number of amides is 1. The molecular weight excluding hydrogens is 422 g/mol. The quantitative estimate of drug-likeness (QED) is 0.508. The third-order valence-electron chi connectivity index (χ3n) is 4.89. The van der Waals surface area contributed by atoms with Gasteiger partial charge in [0.25, 0.3) is 10.0 Å². The molecule has 0 fully saturated rings. The predicted molar refractivity (Wildman–Crippen MR) is 118 cm³/mol. The first-order valence-corrected chi connectivity index (χ1v) is 11.6. The summed E-state index contributed by atoms with van der Waals surface area (Å²) in [4.78, 5) is 17.3. The number of aromatic nitrogens is 1. The van der Waals surface area contributed by atoms with E-state index in [1.165, 1.54) is 11.3 Å². The summed E-state index contributed by atoms with van der Waals surface area (Å²) in [6, 6.07) is 16.0. The number of thiazole rings is 1. The van der Waals surface area contributed by atoms with Crippen molar-refractivity contribution in [2.24, 2.45) is 0 Å². The van der Waals surface area contributed by atoms with Crippen LogP contribution in [0.2, 0.25) is 0 Å². The van der Waals surface area contributed by atoms with Gasteiger partial charge in [-0.15, -0.1) is 0 Å². The monoisotopic (exact) mass is 439 g/mol. The van der Waals surface area contributed by atoms with Crippen molar-refractivity contribution >= 4 is 59.1 Å². The lowest BCUT2D eigenvalue weighted by atomic mass is 10.1. The zero-order valence-corrected chi connectivity index (χ0v) is 17.6. The number of anilines is 2. The molecule has 1 amide bonds. The highest BCUT2D eigenvalue weighted by atomic mass is 32.2. The van der Waals surface area contributed by atoms with Gasteiger partial charge >= 0.3 is 0 Å². The number of carbonyl (C=O) groups excluding carboxylic acids is 1. The molecule has 0 spiro atoms. The molecule has 1 aromatic heterocycles. The maximum atomic E-state index is 13.0. The van der Waals surface area contributed by atoms with Crippen molar-refractivity contribution in [3.05, 3.63) is 54.6 Å². The van der Waals surface area contributed by atoms with E-state index < -0.39 is 15.9 Å². The highest BCUT2D eigenvalue weighted by molar-refractivity contribution is 7.93. The minimum Gasteiger partial charge on any atom is -0.494 e. The molecule has 1 N–H and O–H groups in total. The van der Waals surface area contributed by atoms with Gasteiger partial charge in [-0.1, -0.05) is 35.6 Å². The number of hydrogen-bond acceptors (Lipinski definition) is 6. The van der Waals surface area contributed by atoms with Gasteiger partial charge in [0.1, 0.15) is 12.3 Å². The zero-order valence-electron chi connectivity index (χ0n) is 16.0. The summed E-state index contributed by atoms with van der Waals surface area (Å²) in [5.74, 6) is 0.285. The standard InChI is InChI=1S/C21H17N3O4S2/c1-2-28-14-9-10-15-17(11-14)29-21(22-15)23-19(25)12-24-16-7-3-5-13-6-4-8-18(20(13)16)30(24,26)27/h3-11H,2,12H2,1H3,(H,22,23,25). The lowest BCUT2D eigenvalue weighted by molar-refractivity contribution is -0.114. The van der Waals surface area contributed by atoms with Crippen molar-refractivity contribution in [3.8, 4) is 5.75 Å². The number of nitrogens with zero attached hydrogens (tertiary/aromatic N) is 2. The molecule has 0 saturated heterocycles. The lowest BCUT2D eigenvalue weighted by Crippen LogP contribution is -2.35. The topological polar surface area (TPSA) is 88.6 Å². The maximum Gasteiger partial charge on any atom is 0.265 e. The number of benzene rings is 3. The van der Waals surface area contributed by atoms with Gasteiger partial charge in [0.2, 0.25) is 5.91 Å². The molecule has 0 saturated carbocycles. The summed E-state index contributed by atoms with van der Waals surface area (Å²) in [5.41, 5.74) is 1.26. The fraction of sp³-hybridized carbons (Fsp3) is 0.143. The first-order valence-electron chi connectivity index (χ1n) is 9.35. The van der Waals surface area contributed by atoms with Crippen molar-refractivity contribution in [3.63, 3.8) is 0 Å². The fourth-order valence-corrected chi connectivity index (χ4v) is 6.21. The number of carbonyl (C=O) groups is 1. The molecule has 30 heavy (non-hydrogen) atoms. The van der Waals surface area contributed by atoms with Crippen LogP contribution in [-0.4, -0.2) is 32.5 Å². The highest BCUT2D eigenvalue weighted by Crippen LogP contribution is 2.41. The summed E-state index contributed by atoms with van der Waals surface area (Å²) < 4.78 is 33.5. The average molecular weight is 440 g/mol. The van der Waals surface area contributed by atoms with E-state index in [-0.39, 0.29) is 11.4 Å². The van der Waals surface area contributed by atoms with E-state index in [1.807, 2.05) is 37.3 Å². The van der Waals surface area contributed by atoms with Gasteiger partial charge in [-0.05, 0) is 42.6 Å². The molecule has 2 heterocycles. The second-order valence-corrected chi connectivity index (χ2v) is 9.63. The molecule has 0 atom stereocenters. The van der Waals surface area contributed by atoms with E-state index in [0.29, 0.717) is 22.8 Å². The average Bonchev–Trinajstić information content (AvgIpc) is 3.21. The third kappa shape index (κ3) is 2.98. The van der Waals surface area contributed by atoms with Gasteiger partial charge in [0.15, 0.2) is 5.13 Å². The van der Waals surface area contributed by atoms with Gasteiger partial charge in [-0.3, -0.25) is 9.10 Å². The first-order chi connectivity index (χ1) is 14.5. The Morgan fingerprint density at radius 2 is 1.97 bits per heavy atom. The van der Waals surface area contributed by atoms with Crippen LogP contribution in [-0.2, 0) is 14.8 Å². The van der Waals surface area contributed by atoms with Crippen LogP contribution >= 0.6 is 11.3 Å².